The molecule has 120 valence electrons. The number of esters is 1. The fourth-order valence-corrected chi connectivity index (χ4v) is 2.35. The first-order chi connectivity index (χ1) is 10.9. The van der Waals surface area contributed by atoms with Gasteiger partial charge in [-0.2, -0.15) is 8.78 Å². The van der Waals surface area contributed by atoms with E-state index < -0.39 is 18.0 Å². The molecular formula is C19H18F2O2. The second-order valence-electron chi connectivity index (χ2n) is 5.42. The first-order valence-electron chi connectivity index (χ1n) is 7.31. The second-order valence-corrected chi connectivity index (χ2v) is 5.42. The van der Waals surface area contributed by atoms with Crippen LogP contribution in [0.1, 0.15) is 29.5 Å². The maximum Gasteiger partial charge on any atom is 0.308 e. The molecule has 0 saturated heterocycles. The van der Waals surface area contributed by atoms with Crippen LogP contribution in [0.2, 0.25) is 0 Å². The van der Waals surface area contributed by atoms with Gasteiger partial charge in [0.15, 0.2) is 0 Å². The molecule has 23 heavy (non-hydrogen) atoms. The smallest absolute Gasteiger partial charge is 0.308 e. The van der Waals surface area contributed by atoms with Gasteiger partial charge in [-0.15, -0.1) is 0 Å². The van der Waals surface area contributed by atoms with Gasteiger partial charge in [0.1, 0.15) is 5.75 Å². The summed E-state index contributed by atoms with van der Waals surface area (Å²) in [5, 5.41) is 0. The van der Waals surface area contributed by atoms with E-state index in [4.69, 9.17) is 4.74 Å². The number of allylic oxidation sites excluding steroid dienone is 1. The summed E-state index contributed by atoms with van der Waals surface area (Å²) in [6, 6.07) is 14.5. The molecule has 0 spiro atoms. The summed E-state index contributed by atoms with van der Waals surface area (Å²) in [4.78, 5) is 10.9. The van der Waals surface area contributed by atoms with Gasteiger partial charge in [-0.25, -0.2) is 0 Å². The third-order valence-electron chi connectivity index (χ3n) is 3.47. The van der Waals surface area contributed by atoms with Gasteiger partial charge in [0.05, 0.1) is 0 Å². The zero-order valence-corrected chi connectivity index (χ0v) is 13.1. The van der Waals surface area contributed by atoms with Gasteiger partial charge < -0.3 is 4.74 Å². The fourth-order valence-electron chi connectivity index (χ4n) is 2.35. The van der Waals surface area contributed by atoms with Crippen LogP contribution < -0.4 is 4.74 Å². The maximum absolute atomic E-state index is 12.8. The first-order valence-corrected chi connectivity index (χ1v) is 7.31. The Labute approximate surface area is 134 Å². The number of carbonyl (C=O) groups is 1. The Morgan fingerprint density at radius 2 is 1.70 bits per heavy atom. The van der Waals surface area contributed by atoms with E-state index in [0.717, 1.165) is 22.8 Å². The average Bonchev–Trinajstić information content (AvgIpc) is 2.48. The molecule has 0 fully saturated rings. The van der Waals surface area contributed by atoms with Crippen molar-refractivity contribution in [2.45, 2.75) is 26.2 Å². The van der Waals surface area contributed by atoms with E-state index in [0.29, 0.717) is 12.2 Å². The van der Waals surface area contributed by atoms with Crippen molar-refractivity contribution in [2.75, 3.05) is 0 Å². The zero-order chi connectivity index (χ0) is 16.8. The van der Waals surface area contributed by atoms with E-state index >= 15 is 0 Å². The predicted octanol–water partition coefficient (Wildman–Crippen LogP) is 5.03. The summed E-state index contributed by atoms with van der Waals surface area (Å²) in [5.74, 6) is -0.447. The van der Waals surface area contributed by atoms with E-state index in [9.17, 15) is 13.6 Å². The lowest BCUT2D eigenvalue weighted by Crippen LogP contribution is -2.03. The third-order valence-corrected chi connectivity index (χ3v) is 3.47. The minimum absolute atomic E-state index is 0.403. The maximum atomic E-state index is 12.8. The molecule has 0 aliphatic heterocycles. The Morgan fingerprint density at radius 1 is 1.09 bits per heavy atom. The van der Waals surface area contributed by atoms with Crippen LogP contribution in [-0.2, 0) is 11.2 Å². The van der Waals surface area contributed by atoms with Crippen molar-refractivity contribution in [1.29, 1.82) is 0 Å². The molecule has 0 saturated carbocycles. The topological polar surface area (TPSA) is 26.3 Å². The van der Waals surface area contributed by atoms with E-state index in [1.165, 1.54) is 6.92 Å². The summed E-state index contributed by atoms with van der Waals surface area (Å²) >= 11 is 0. The number of halogens is 2. The van der Waals surface area contributed by atoms with Gasteiger partial charge in [0.2, 0.25) is 0 Å². The third kappa shape index (κ3) is 5.33. The Hall–Kier alpha value is -2.49. The highest BCUT2D eigenvalue weighted by molar-refractivity contribution is 5.69. The van der Waals surface area contributed by atoms with E-state index in [1.54, 1.807) is 24.3 Å². The monoisotopic (exact) mass is 316 g/mol. The molecule has 1 unspecified atom stereocenters. The number of rotatable bonds is 5. The lowest BCUT2D eigenvalue weighted by molar-refractivity contribution is -0.131. The largest absolute Gasteiger partial charge is 0.427 e. The molecule has 0 aromatic heterocycles. The highest BCUT2D eigenvalue weighted by Gasteiger charge is 2.12. The normalized spacial score (nSPS) is 11.7. The van der Waals surface area contributed by atoms with E-state index in [2.05, 4.69) is 0 Å². The van der Waals surface area contributed by atoms with Crippen molar-refractivity contribution in [3.63, 3.8) is 0 Å². The summed E-state index contributed by atoms with van der Waals surface area (Å²) in [6.07, 6.45) is -0.267. The Kier molecular flexibility index (Phi) is 5.63. The minimum Gasteiger partial charge on any atom is -0.427 e. The van der Waals surface area contributed by atoms with Crippen molar-refractivity contribution in [3.8, 4) is 5.75 Å². The number of ether oxygens (including phenoxy) is 1. The molecule has 0 amide bonds. The van der Waals surface area contributed by atoms with Gasteiger partial charge in [-0.05, 0) is 42.7 Å². The van der Waals surface area contributed by atoms with Crippen LogP contribution >= 0.6 is 0 Å². The van der Waals surface area contributed by atoms with Crippen LogP contribution in [0, 0.1) is 6.92 Å². The van der Waals surface area contributed by atoms with Crippen molar-refractivity contribution in [2.24, 2.45) is 0 Å². The molecule has 2 aromatic carbocycles. The van der Waals surface area contributed by atoms with Gasteiger partial charge in [-0.1, -0.05) is 42.0 Å². The zero-order valence-electron chi connectivity index (χ0n) is 13.1. The van der Waals surface area contributed by atoms with Crippen LogP contribution in [0.3, 0.4) is 0 Å². The summed E-state index contributed by atoms with van der Waals surface area (Å²) < 4.78 is 30.5. The summed E-state index contributed by atoms with van der Waals surface area (Å²) in [6.45, 7) is 3.30. The van der Waals surface area contributed by atoms with Crippen LogP contribution in [-0.4, -0.2) is 5.97 Å². The molecular weight excluding hydrogens is 298 g/mol. The standard InChI is InChI=1S/C19H18F2O2/c1-13-3-5-15(6-4-13)11-17(12-19(20)21)16-7-9-18(10-8-16)23-14(2)22/h3-10,12,17H,11H2,1-2H3. The Morgan fingerprint density at radius 3 is 2.22 bits per heavy atom. The second kappa shape index (κ2) is 7.68. The van der Waals surface area contributed by atoms with Crippen LogP contribution in [0.4, 0.5) is 8.78 Å². The van der Waals surface area contributed by atoms with Crippen molar-refractivity contribution in [3.05, 3.63) is 77.4 Å². The van der Waals surface area contributed by atoms with Crippen molar-refractivity contribution in [1.82, 2.24) is 0 Å². The molecule has 4 heteroatoms. The number of carbonyl (C=O) groups excluding carboxylic acids is 1. The molecule has 0 N–H and O–H groups in total. The molecule has 0 aliphatic rings. The number of benzene rings is 2. The molecule has 0 bridgehead atoms. The Balaban J connectivity index is 2.22. The van der Waals surface area contributed by atoms with E-state index in [1.807, 2.05) is 31.2 Å². The molecule has 0 radical (unpaired) electrons. The molecule has 2 rings (SSSR count). The lowest BCUT2D eigenvalue weighted by Gasteiger charge is -2.14. The predicted molar refractivity (Wildman–Crippen MR) is 85.7 cm³/mol. The number of hydrogen-bond donors (Lipinski definition) is 0. The van der Waals surface area contributed by atoms with Crippen molar-refractivity contribution < 1.29 is 18.3 Å². The minimum atomic E-state index is -1.70. The van der Waals surface area contributed by atoms with Gasteiger partial charge in [-0.3, -0.25) is 4.79 Å². The van der Waals surface area contributed by atoms with E-state index in [-0.39, 0.29) is 0 Å². The van der Waals surface area contributed by atoms with Crippen LogP contribution in [0.5, 0.6) is 5.75 Å². The molecule has 0 aliphatic carbocycles. The summed E-state index contributed by atoms with van der Waals surface area (Å²) in [7, 11) is 0. The summed E-state index contributed by atoms with van der Waals surface area (Å²) in [5.41, 5.74) is 2.86. The van der Waals surface area contributed by atoms with Crippen LogP contribution in [0.25, 0.3) is 0 Å². The Bertz CT molecular complexity index is 684. The van der Waals surface area contributed by atoms with Gasteiger partial charge in [0, 0.05) is 12.8 Å². The first kappa shape index (κ1) is 16.9. The van der Waals surface area contributed by atoms with Crippen LogP contribution in [0.15, 0.2) is 60.7 Å². The number of aryl methyl sites for hydroxylation is 1. The molecule has 1 atom stereocenters. The SMILES string of the molecule is CC(=O)Oc1ccc(C(C=C(F)F)Cc2ccc(C)cc2)cc1. The van der Waals surface area contributed by atoms with Gasteiger partial charge in [0.25, 0.3) is 6.08 Å². The highest BCUT2D eigenvalue weighted by Crippen LogP contribution is 2.26. The quantitative estimate of drug-likeness (QED) is 0.571. The number of hydrogen-bond acceptors (Lipinski definition) is 2. The van der Waals surface area contributed by atoms with Crippen molar-refractivity contribution >= 4 is 5.97 Å². The van der Waals surface area contributed by atoms with Gasteiger partial charge >= 0.3 is 5.97 Å². The molecule has 2 nitrogen and oxygen atoms in total. The fraction of sp³-hybridized carbons (Fsp3) is 0.211. The molecule has 0 heterocycles. The average molecular weight is 316 g/mol. The highest BCUT2D eigenvalue weighted by atomic mass is 19.3. The lowest BCUT2D eigenvalue weighted by atomic mass is 9.91. The molecule has 2 aromatic rings.